The fourth-order valence-corrected chi connectivity index (χ4v) is 1.83. The second-order valence-corrected chi connectivity index (χ2v) is 5.07. The topological polar surface area (TPSA) is 32.3 Å². The van der Waals surface area contributed by atoms with E-state index in [0.29, 0.717) is 0 Å². The van der Waals surface area contributed by atoms with Crippen molar-refractivity contribution in [1.82, 2.24) is 10.2 Å². The van der Waals surface area contributed by atoms with Gasteiger partial charge in [0, 0.05) is 12.6 Å². The van der Waals surface area contributed by atoms with E-state index in [-0.39, 0.29) is 17.5 Å². The lowest BCUT2D eigenvalue weighted by Gasteiger charge is -2.38. The summed E-state index contributed by atoms with van der Waals surface area (Å²) >= 11 is 0. The number of carbonyl (C=O) groups is 1. The van der Waals surface area contributed by atoms with Gasteiger partial charge in [0.15, 0.2) is 0 Å². The third-order valence-corrected chi connectivity index (χ3v) is 3.71. The molecule has 0 bridgehead atoms. The Kier molecular flexibility index (Phi) is 4.14. The lowest BCUT2D eigenvalue weighted by Crippen LogP contribution is -2.53. The molecular weight excluding hydrogens is 188 g/mol. The van der Waals surface area contributed by atoms with Gasteiger partial charge in [0.05, 0.1) is 6.04 Å². The van der Waals surface area contributed by atoms with Crippen LogP contribution in [0.1, 0.15) is 46.5 Å². The van der Waals surface area contributed by atoms with Crippen LogP contribution in [0.4, 0.5) is 0 Å². The summed E-state index contributed by atoms with van der Waals surface area (Å²) in [6.45, 7) is 7.34. The van der Waals surface area contributed by atoms with Crippen LogP contribution in [0.3, 0.4) is 0 Å². The lowest BCUT2D eigenvalue weighted by molar-refractivity contribution is -0.137. The van der Waals surface area contributed by atoms with Crippen LogP contribution < -0.4 is 5.32 Å². The van der Waals surface area contributed by atoms with Gasteiger partial charge in [-0.1, -0.05) is 13.3 Å². The van der Waals surface area contributed by atoms with Gasteiger partial charge in [-0.15, -0.1) is 0 Å². The molecule has 1 unspecified atom stereocenters. The fourth-order valence-electron chi connectivity index (χ4n) is 1.83. The number of nitrogens with one attached hydrogen (secondary N) is 1. The SMILES string of the molecule is CCC(C)(C)N(C)C(=O)C1CCCCN1. The van der Waals surface area contributed by atoms with Gasteiger partial charge >= 0.3 is 0 Å². The number of rotatable bonds is 3. The maximum Gasteiger partial charge on any atom is 0.239 e. The third kappa shape index (κ3) is 2.94. The Labute approximate surface area is 93.2 Å². The van der Waals surface area contributed by atoms with E-state index in [1.54, 1.807) is 0 Å². The number of hydrogen-bond donors (Lipinski definition) is 1. The van der Waals surface area contributed by atoms with Crippen molar-refractivity contribution in [3.8, 4) is 0 Å². The molecule has 1 fully saturated rings. The molecule has 0 spiro atoms. The van der Waals surface area contributed by atoms with Gasteiger partial charge < -0.3 is 10.2 Å². The molecule has 0 aromatic rings. The van der Waals surface area contributed by atoms with E-state index in [1.165, 1.54) is 12.8 Å². The fraction of sp³-hybridized carbons (Fsp3) is 0.917. The van der Waals surface area contributed by atoms with Crippen molar-refractivity contribution >= 4 is 5.91 Å². The molecule has 1 aliphatic heterocycles. The second kappa shape index (κ2) is 4.97. The second-order valence-electron chi connectivity index (χ2n) is 5.07. The lowest BCUT2D eigenvalue weighted by atomic mass is 9.97. The summed E-state index contributed by atoms with van der Waals surface area (Å²) in [7, 11) is 1.92. The molecular formula is C12H24N2O. The maximum absolute atomic E-state index is 12.2. The minimum absolute atomic E-state index is 0.0315. The Balaban J connectivity index is 2.58. The summed E-state index contributed by atoms with van der Waals surface area (Å²) in [6.07, 6.45) is 4.35. The summed E-state index contributed by atoms with van der Waals surface area (Å²) < 4.78 is 0. The Bertz CT molecular complexity index is 220. The average Bonchev–Trinajstić information content (AvgIpc) is 2.28. The summed E-state index contributed by atoms with van der Waals surface area (Å²) in [5, 5.41) is 3.30. The molecule has 1 amide bonds. The Morgan fingerprint density at radius 3 is 2.60 bits per heavy atom. The summed E-state index contributed by atoms with van der Waals surface area (Å²) in [6, 6.07) is 0.0505. The van der Waals surface area contributed by atoms with E-state index in [2.05, 4.69) is 26.1 Å². The third-order valence-electron chi connectivity index (χ3n) is 3.71. The van der Waals surface area contributed by atoms with Crippen molar-refractivity contribution < 1.29 is 4.79 Å². The van der Waals surface area contributed by atoms with Gasteiger partial charge in [-0.3, -0.25) is 4.79 Å². The Hall–Kier alpha value is -0.570. The van der Waals surface area contributed by atoms with Crippen LogP contribution in [-0.2, 0) is 4.79 Å². The molecule has 0 saturated carbocycles. The van der Waals surface area contributed by atoms with Crippen molar-refractivity contribution in [3.63, 3.8) is 0 Å². The number of hydrogen-bond acceptors (Lipinski definition) is 2. The monoisotopic (exact) mass is 212 g/mol. The van der Waals surface area contributed by atoms with Crippen molar-refractivity contribution in [1.29, 1.82) is 0 Å². The van der Waals surface area contributed by atoms with E-state index in [1.807, 2.05) is 11.9 Å². The molecule has 0 aromatic heterocycles. The summed E-state index contributed by atoms with van der Waals surface area (Å²) in [4.78, 5) is 14.1. The van der Waals surface area contributed by atoms with Crippen LogP contribution in [0, 0.1) is 0 Å². The molecule has 1 N–H and O–H groups in total. The van der Waals surface area contributed by atoms with E-state index < -0.39 is 0 Å². The van der Waals surface area contributed by atoms with E-state index >= 15 is 0 Å². The van der Waals surface area contributed by atoms with Crippen LogP contribution in [0.15, 0.2) is 0 Å². The zero-order valence-corrected chi connectivity index (χ0v) is 10.5. The van der Waals surface area contributed by atoms with Crippen molar-refractivity contribution in [3.05, 3.63) is 0 Å². The predicted molar refractivity (Wildman–Crippen MR) is 62.8 cm³/mol. The molecule has 1 rings (SSSR count). The standard InChI is InChI=1S/C12H24N2O/c1-5-12(2,3)14(4)11(15)10-8-6-7-9-13-10/h10,13H,5-9H2,1-4H3. The first-order chi connectivity index (χ1) is 6.99. The molecule has 15 heavy (non-hydrogen) atoms. The Morgan fingerprint density at radius 1 is 1.47 bits per heavy atom. The van der Waals surface area contributed by atoms with Gasteiger partial charge in [-0.05, 0) is 39.7 Å². The van der Waals surface area contributed by atoms with E-state index in [0.717, 1.165) is 19.4 Å². The van der Waals surface area contributed by atoms with Crippen molar-refractivity contribution in [2.75, 3.05) is 13.6 Å². The van der Waals surface area contributed by atoms with Gasteiger partial charge in [0.25, 0.3) is 0 Å². The average molecular weight is 212 g/mol. The molecule has 3 nitrogen and oxygen atoms in total. The highest BCUT2D eigenvalue weighted by Crippen LogP contribution is 2.19. The molecule has 0 radical (unpaired) electrons. The van der Waals surface area contributed by atoms with Crippen LogP contribution >= 0.6 is 0 Å². The first-order valence-electron chi connectivity index (χ1n) is 6.00. The minimum atomic E-state index is -0.0315. The highest BCUT2D eigenvalue weighted by atomic mass is 16.2. The maximum atomic E-state index is 12.2. The zero-order valence-electron chi connectivity index (χ0n) is 10.5. The molecule has 1 heterocycles. The molecule has 1 aliphatic rings. The molecule has 0 aliphatic carbocycles. The normalized spacial score (nSPS) is 22.5. The number of amides is 1. The quantitative estimate of drug-likeness (QED) is 0.773. The number of likely N-dealkylation sites (N-methyl/N-ethyl adjacent to an activating group) is 1. The van der Waals surface area contributed by atoms with Crippen LogP contribution in [0.25, 0.3) is 0 Å². The van der Waals surface area contributed by atoms with Crippen molar-refractivity contribution in [2.24, 2.45) is 0 Å². The van der Waals surface area contributed by atoms with Gasteiger partial charge in [-0.25, -0.2) is 0 Å². The highest BCUT2D eigenvalue weighted by molar-refractivity contribution is 5.82. The number of nitrogens with zero attached hydrogens (tertiary/aromatic N) is 1. The first kappa shape index (κ1) is 12.5. The highest BCUT2D eigenvalue weighted by Gasteiger charge is 2.31. The molecule has 3 heteroatoms. The van der Waals surface area contributed by atoms with E-state index in [4.69, 9.17) is 0 Å². The van der Waals surface area contributed by atoms with Crippen LogP contribution in [0.5, 0.6) is 0 Å². The molecule has 88 valence electrons. The summed E-state index contributed by atoms with van der Waals surface area (Å²) in [5.74, 6) is 0.251. The zero-order chi connectivity index (χ0) is 11.5. The van der Waals surface area contributed by atoms with Crippen molar-refractivity contribution in [2.45, 2.75) is 58.0 Å². The first-order valence-corrected chi connectivity index (χ1v) is 6.00. The molecule has 1 atom stereocenters. The summed E-state index contributed by atoms with van der Waals surface area (Å²) in [5.41, 5.74) is -0.0315. The largest absolute Gasteiger partial charge is 0.339 e. The smallest absolute Gasteiger partial charge is 0.239 e. The van der Waals surface area contributed by atoms with Crippen LogP contribution in [0.2, 0.25) is 0 Å². The number of carbonyl (C=O) groups excluding carboxylic acids is 1. The minimum Gasteiger partial charge on any atom is -0.339 e. The van der Waals surface area contributed by atoms with Gasteiger partial charge in [0.1, 0.15) is 0 Å². The number of piperidine rings is 1. The Morgan fingerprint density at radius 2 is 2.13 bits per heavy atom. The predicted octanol–water partition coefficient (Wildman–Crippen LogP) is 1.78. The van der Waals surface area contributed by atoms with E-state index in [9.17, 15) is 4.79 Å². The van der Waals surface area contributed by atoms with Crippen LogP contribution in [-0.4, -0.2) is 36.0 Å². The van der Waals surface area contributed by atoms with Gasteiger partial charge in [0.2, 0.25) is 5.91 Å². The molecule has 1 saturated heterocycles. The van der Waals surface area contributed by atoms with Gasteiger partial charge in [-0.2, -0.15) is 0 Å². The molecule has 0 aromatic carbocycles.